The second-order valence-electron chi connectivity index (χ2n) is 4.25. The average Bonchev–Trinajstić information content (AvgIpc) is 2.79. The Morgan fingerprint density at radius 1 is 1.38 bits per heavy atom. The third-order valence-electron chi connectivity index (χ3n) is 2.76. The van der Waals surface area contributed by atoms with Gasteiger partial charge in [-0.1, -0.05) is 17.1 Å². The summed E-state index contributed by atoms with van der Waals surface area (Å²) >= 11 is 0. The van der Waals surface area contributed by atoms with Crippen LogP contribution in [0.5, 0.6) is 11.5 Å². The van der Waals surface area contributed by atoms with Crippen molar-refractivity contribution in [3.8, 4) is 23.8 Å². The third kappa shape index (κ3) is 3.42. The first-order chi connectivity index (χ1) is 10.2. The van der Waals surface area contributed by atoms with E-state index in [-0.39, 0.29) is 6.61 Å². The Balaban J connectivity index is 2.32. The Morgan fingerprint density at radius 2 is 2.19 bits per heavy atom. The monoisotopic (exact) mass is 285 g/mol. The van der Waals surface area contributed by atoms with Crippen molar-refractivity contribution in [2.24, 2.45) is 5.16 Å². The van der Waals surface area contributed by atoms with Crippen molar-refractivity contribution in [2.75, 3.05) is 13.2 Å². The van der Waals surface area contributed by atoms with Gasteiger partial charge in [0.25, 0.3) is 0 Å². The predicted octanol–water partition coefficient (Wildman–Crippen LogP) is 2.41. The van der Waals surface area contributed by atoms with Gasteiger partial charge in [0.05, 0.1) is 17.9 Å². The lowest BCUT2D eigenvalue weighted by atomic mass is 10.1. The summed E-state index contributed by atoms with van der Waals surface area (Å²) in [6, 6.07) is 5.34. The predicted molar refractivity (Wildman–Crippen MR) is 79.1 cm³/mol. The highest BCUT2D eigenvalue weighted by atomic mass is 16.7. The zero-order valence-corrected chi connectivity index (χ0v) is 11.9. The smallest absolute Gasteiger partial charge is 0.367 e. The number of oxime groups is 1. The number of rotatable bonds is 5. The van der Waals surface area contributed by atoms with Crippen LogP contribution < -0.4 is 9.47 Å². The fourth-order valence-corrected chi connectivity index (χ4v) is 1.81. The van der Waals surface area contributed by atoms with E-state index in [1.807, 2.05) is 6.92 Å². The van der Waals surface area contributed by atoms with Crippen LogP contribution in [-0.4, -0.2) is 24.9 Å². The quantitative estimate of drug-likeness (QED) is 0.473. The van der Waals surface area contributed by atoms with Gasteiger partial charge < -0.3 is 14.3 Å². The number of hydrogen-bond donors (Lipinski definition) is 0. The number of terminal acetylenes is 1. The minimum absolute atomic E-state index is 0.165. The van der Waals surface area contributed by atoms with Crippen molar-refractivity contribution >= 4 is 17.8 Å². The lowest BCUT2D eigenvalue weighted by Crippen LogP contribution is -2.02. The van der Waals surface area contributed by atoms with Crippen molar-refractivity contribution in [3.63, 3.8) is 0 Å². The van der Waals surface area contributed by atoms with Gasteiger partial charge >= 0.3 is 5.97 Å². The van der Waals surface area contributed by atoms with Crippen molar-refractivity contribution in [3.05, 3.63) is 29.3 Å². The summed E-state index contributed by atoms with van der Waals surface area (Å²) in [4.78, 5) is 16.1. The minimum atomic E-state index is -0.460. The molecule has 21 heavy (non-hydrogen) atoms. The van der Waals surface area contributed by atoms with Crippen LogP contribution in [0.15, 0.2) is 28.9 Å². The van der Waals surface area contributed by atoms with Gasteiger partial charge in [0.1, 0.15) is 6.61 Å². The van der Waals surface area contributed by atoms with Gasteiger partial charge in [0.2, 0.25) is 0 Å². The molecule has 2 rings (SSSR count). The Bertz CT molecular complexity index is 653. The molecule has 1 aromatic rings. The molecule has 0 unspecified atom stereocenters. The first-order valence-corrected chi connectivity index (χ1v) is 6.46. The molecule has 0 radical (unpaired) electrons. The van der Waals surface area contributed by atoms with E-state index in [2.05, 4.69) is 15.9 Å². The highest BCUT2D eigenvalue weighted by Gasteiger charge is 2.21. The molecule has 1 heterocycles. The topological polar surface area (TPSA) is 57.1 Å². The number of ether oxygens (including phenoxy) is 2. The Hall–Kier alpha value is -2.74. The summed E-state index contributed by atoms with van der Waals surface area (Å²) in [6.07, 6.45) is 6.88. The second kappa shape index (κ2) is 6.62. The SMILES string of the molecule is C#CCOc1ccc(/C=C2\C(=O)ON=C2C)cc1OCC. The molecular formula is C16H15NO4. The lowest BCUT2D eigenvalue weighted by Gasteiger charge is -2.11. The molecule has 1 aromatic carbocycles. The first-order valence-electron chi connectivity index (χ1n) is 6.46. The van der Waals surface area contributed by atoms with Gasteiger partial charge in [0, 0.05) is 0 Å². The van der Waals surface area contributed by atoms with E-state index < -0.39 is 5.97 Å². The van der Waals surface area contributed by atoms with Crippen LogP contribution in [0.1, 0.15) is 19.4 Å². The molecule has 0 saturated carbocycles. The fraction of sp³-hybridized carbons (Fsp3) is 0.250. The molecule has 0 atom stereocenters. The normalized spacial score (nSPS) is 15.4. The number of carbonyl (C=O) groups is 1. The maximum absolute atomic E-state index is 11.5. The van der Waals surface area contributed by atoms with Crippen LogP contribution in [0.3, 0.4) is 0 Å². The van der Waals surface area contributed by atoms with Crippen molar-refractivity contribution < 1.29 is 19.1 Å². The number of carbonyl (C=O) groups excluding carboxylic acids is 1. The van der Waals surface area contributed by atoms with Gasteiger partial charge in [0.15, 0.2) is 11.5 Å². The summed E-state index contributed by atoms with van der Waals surface area (Å²) in [6.45, 7) is 4.25. The molecule has 5 nitrogen and oxygen atoms in total. The molecular weight excluding hydrogens is 270 g/mol. The Morgan fingerprint density at radius 3 is 2.81 bits per heavy atom. The van der Waals surface area contributed by atoms with Gasteiger partial charge in [-0.15, -0.1) is 6.42 Å². The van der Waals surface area contributed by atoms with Crippen LogP contribution in [0.2, 0.25) is 0 Å². The molecule has 1 aliphatic rings. The molecule has 0 aromatic heterocycles. The summed E-state index contributed by atoms with van der Waals surface area (Å²) in [7, 11) is 0. The summed E-state index contributed by atoms with van der Waals surface area (Å²) < 4.78 is 10.9. The molecule has 1 aliphatic heterocycles. The van der Waals surface area contributed by atoms with Crippen LogP contribution in [0.4, 0.5) is 0 Å². The maximum Gasteiger partial charge on any atom is 0.367 e. The molecule has 0 saturated heterocycles. The van der Waals surface area contributed by atoms with Crippen molar-refractivity contribution in [1.82, 2.24) is 0 Å². The largest absolute Gasteiger partial charge is 0.490 e. The van der Waals surface area contributed by atoms with E-state index in [9.17, 15) is 4.79 Å². The van der Waals surface area contributed by atoms with Crippen LogP contribution in [0.25, 0.3) is 6.08 Å². The summed E-state index contributed by atoms with van der Waals surface area (Å²) in [5.74, 6) is 3.08. The molecule has 0 N–H and O–H groups in total. The van der Waals surface area contributed by atoms with Crippen molar-refractivity contribution in [2.45, 2.75) is 13.8 Å². The number of benzene rings is 1. The Labute approximate surface area is 123 Å². The third-order valence-corrected chi connectivity index (χ3v) is 2.76. The molecule has 108 valence electrons. The lowest BCUT2D eigenvalue weighted by molar-refractivity contribution is -0.136. The number of nitrogens with zero attached hydrogens (tertiary/aromatic N) is 1. The molecule has 0 spiro atoms. The van der Waals surface area contributed by atoms with Gasteiger partial charge in [-0.05, 0) is 37.6 Å². The Kier molecular flexibility index (Phi) is 4.62. The minimum Gasteiger partial charge on any atom is -0.490 e. The van der Waals surface area contributed by atoms with E-state index >= 15 is 0 Å². The standard InChI is InChI=1S/C16H15NO4/c1-4-8-20-14-7-6-12(10-15(14)19-5-2)9-13-11(3)17-21-16(13)18/h1,6-7,9-10H,5,8H2,2-3H3/b13-9-. The fourth-order valence-electron chi connectivity index (χ4n) is 1.81. The van der Waals surface area contributed by atoms with Gasteiger partial charge in [-0.2, -0.15) is 0 Å². The van der Waals surface area contributed by atoms with Gasteiger partial charge in [-0.25, -0.2) is 4.79 Å². The molecule has 5 heteroatoms. The van der Waals surface area contributed by atoms with Crippen LogP contribution in [0, 0.1) is 12.3 Å². The number of hydrogen-bond acceptors (Lipinski definition) is 5. The molecule has 0 bridgehead atoms. The van der Waals surface area contributed by atoms with Crippen LogP contribution in [-0.2, 0) is 9.63 Å². The average molecular weight is 285 g/mol. The zero-order valence-electron chi connectivity index (χ0n) is 11.9. The van der Waals surface area contributed by atoms with Crippen molar-refractivity contribution in [1.29, 1.82) is 0 Å². The van der Waals surface area contributed by atoms with Crippen LogP contribution >= 0.6 is 0 Å². The second-order valence-corrected chi connectivity index (χ2v) is 4.25. The first kappa shape index (κ1) is 14.7. The zero-order chi connectivity index (χ0) is 15.2. The summed E-state index contributed by atoms with van der Waals surface area (Å²) in [5, 5.41) is 3.63. The van der Waals surface area contributed by atoms with Gasteiger partial charge in [-0.3, -0.25) is 0 Å². The van der Waals surface area contributed by atoms with E-state index in [1.54, 1.807) is 31.2 Å². The highest BCUT2D eigenvalue weighted by Crippen LogP contribution is 2.29. The van der Waals surface area contributed by atoms with E-state index in [0.717, 1.165) is 5.56 Å². The van der Waals surface area contributed by atoms with E-state index in [0.29, 0.717) is 29.4 Å². The van der Waals surface area contributed by atoms with E-state index in [4.69, 9.17) is 15.9 Å². The maximum atomic E-state index is 11.5. The van der Waals surface area contributed by atoms with E-state index in [1.165, 1.54) is 0 Å². The molecule has 0 amide bonds. The molecule has 0 fully saturated rings. The molecule has 0 aliphatic carbocycles. The summed E-state index contributed by atoms with van der Waals surface area (Å²) in [5.41, 5.74) is 1.76. The highest BCUT2D eigenvalue weighted by molar-refractivity contribution is 6.24.